The first-order chi connectivity index (χ1) is 16.1. The van der Waals surface area contributed by atoms with Crippen LogP contribution in [-0.4, -0.2) is 29.3 Å². The molecule has 2 aromatic rings. The number of allylic oxidation sites excluding steroid dienone is 1. The highest BCUT2D eigenvalue weighted by Crippen LogP contribution is 2.20. The number of hydrogen-bond donors (Lipinski definition) is 1. The number of halogens is 1. The van der Waals surface area contributed by atoms with E-state index < -0.39 is 6.04 Å². The number of nitrogens with one attached hydrogen (secondary N) is 1. The normalized spacial score (nSPS) is 14.3. The zero-order valence-corrected chi connectivity index (χ0v) is 20.3. The zero-order chi connectivity index (χ0) is 23.5. The predicted octanol–water partition coefficient (Wildman–Crippen LogP) is 6.09. The smallest absolute Gasteiger partial charge is 0.243 e. The minimum atomic E-state index is -0.567. The van der Waals surface area contributed by atoms with Gasteiger partial charge in [-0.1, -0.05) is 72.6 Å². The van der Waals surface area contributed by atoms with Crippen LogP contribution in [0.5, 0.6) is 0 Å². The van der Waals surface area contributed by atoms with Crippen molar-refractivity contribution in [3.05, 3.63) is 82.4 Å². The molecule has 1 aliphatic rings. The second-order valence-corrected chi connectivity index (χ2v) is 9.19. The van der Waals surface area contributed by atoms with E-state index in [9.17, 15) is 9.59 Å². The number of amides is 2. The molecule has 0 aliphatic heterocycles. The molecule has 176 valence electrons. The Hall–Kier alpha value is -2.59. The summed E-state index contributed by atoms with van der Waals surface area (Å²) in [4.78, 5) is 28.4. The molecule has 0 fully saturated rings. The lowest BCUT2D eigenvalue weighted by atomic mass is 9.97. The average Bonchev–Trinajstić information content (AvgIpc) is 2.84. The maximum absolute atomic E-state index is 13.4. The summed E-state index contributed by atoms with van der Waals surface area (Å²) in [6.07, 6.45) is 9.59. The van der Waals surface area contributed by atoms with E-state index in [0.717, 1.165) is 36.8 Å². The summed E-state index contributed by atoms with van der Waals surface area (Å²) in [5.74, 6) is -0.0906. The van der Waals surface area contributed by atoms with Crippen LogP contribution in [-0.2, 0) is 22.6 Å². The zero-order valence-electron chi connectivity index (χ0n) is 19.6. The van der Waals surface area contributed by atoms with Gasteiger partial charge in [0.25, 0.3) is 0 Å². The second-order valence-electron chi connectivity index (χ2n) is 8.75. The molecule has 0 spiro atoms. The van der Waals surface area contributed by atoms with Crippen molar-refractivity contribution < 1.29 is 9.59 Å². The molecule has 0 saturated heterocycles. The molecule has 0 radical (unpaired) electrons. The molecule has 4 nitrogen and oxygen atoms in total. The third kappa shape index (κ3) is 8.04. The molecule has 2 amide bonds. The van der Waals surface area contributed by atoms with Gasteiger partial charge in [0.2, 0.25) is 11.8 Å². The topological polar surface area (TPSA) is 49.4 Å². The number of benzene rings is 2. The Kier molecular flexibility index (Phi) is 10.0. The molecule has 33 heavy (non-hydrogen) atoms. The highest BCUT2D eigenvalue weighted by molar-refractivity contribution is 6.30. The van der Waals surface area contributed by atoms with Gasteiger partial charge in [0, 0.05) is 31.0 Å². The van der Waals surface area contributed by atoms with Crippen LogP contribution in [0.1, 0.15) is 63.0 Å². The Morgan fingerprint density at radius 3 is 2.45 bits per heavy atom. The molecule has 3 rings (SSSR count). The van der Waals surface area contributed by atoms with E-state index in [1.807, 2.05) is 61.5 Å². The maximum atomic E-state index is 13.4. The van der Waals surface area contributed by atoms with E-state index in [-0.39, 0.29) is 11.8 Å². The Bertz CT molecular complexity index is 925. The molecule has 1 N–H and O–H groups in total. The quantitative estimate of drug-likeness (QED) is 0.407. The van der Waals surface area contributed by atoms with Gasteiger partial charge >= 0.3 is 0 Å². The first kappa shape index (κ1) is 25.0. The molecule has 0 aromatic heterocycles. The number of hydrogen-bond acceptors (Lipinski definition) is 2. The minimum absolute atomic E-state index is 0.00137. The van der Waals surface area contributed by atoms with Crippen molar-refractivity contribution in [2.75, 3.05) is 6.54 Å². The fraction of sp³-hybridized carbons (Fsp3) is 0.429. The van der Waals surface area contributed by atoms with Gasteiger partial charge in [-0.15, -0.1) is 0 Å². The van der Waals surface area contributed by atoms with Gasteiger partial charge in [-0.2, -0.15) is 0 Å². The van der Waals surface area contributed by atoms with E-state index in [1.165, 1.54) is 18.4 Å². The Balaban J connectivity index is 1.79. The van der Waals surface area contributed by atoms with E-state index in [4.69, 9.17) is 11.6 Å². The molecule has 0 bridgehead atoms. The fourth-order valence-electron chi connectivity index (χ4n) is 4.29. The van der Waals surface area contributed by atoms with Gasteiger partial charge in [0.15, 0.2) is 0 Å². The summed E-state index contributed by atoms with van der Waals surface area (Å²) in [5.41, 5.74) is 3.43. The summed E-state index contributed by atoms with van der Waals surface area (Å²) in [6.45, 7) is 2.97. The van der Waals surface area contributed by atoms with Crippen LogP contribution >= 0.6 is 11.6 Å². The van der Waals surface area contributed by atoms with E-state index in [2.05, 4.69) is 11.4 Å². The molecule has 1 aliphatic carbocycles. The SMILES string of the molecule is CCCC(=O)N(Cc1ccc(Cl)cc1)C(Cc1ccccc1)C(=O)NCCC1=CCCCC1. The number of carbonyl (C=O) groups is 2. The molecule has 5 heteroatoms. The van der Waals surface area contributed by atoms with Crippen LogP contribution in [0.3, 0.4) is 0 Å². The monoisotopic (exact) mass is 466 g/mol. The Morgan fingerprint density at radius 1 is 1.03 bits per heavy atom. The standard InChI is InChI=1S/C28H35ClN2O2/c1-2-9-27(32)31(21-24-14-16-25(29)17-15-24)26(20-23-12-7-4-8-13-23)28(33)30-19-18-22-10-5-3-6-11-22/h4,7-8,10,12-17,26H,2-3,5-6,9,11,18-21H2,1H3,(H,30,33). The third-order valence-electron chi connectivity index (χ3n) is 6.13. The van der Waals surface area contributed by atoms with Gasteiger partial charge in [-0.25, -0.2) is 0 Å². The summed E-state index contributed by atoms with van der Waals surface area (Å²) < 4.78 is 0. The van der Waals surface area contributed by atoms with Crippen LogP contribution in [0, 0.1) is 0 Å². The molecular formula is C28H35ClN2O2. The van der Waals surface area contributed by atoms with Crippen molar-refractivity contribution in [2.45, 2.75) is 70.9 Å². The highest BCUT2D eigenvalue weighted by atomic mass is 35.5. The molecular weight excluding hydrogens is 432 g/mol. The summed E-state index contributed by atoms with van der Waals surface area (Å²) >= 11 is 6.05. The first-order valence-corrected chi connectivity index (χ1v) is 12.5. The maximum Gasteiger partial charge on any atom is 0.243 e. The minimum Gasteiger partial charge on any atom is -0.354 e. The molecule has 1 atom stereocenters. The number of nitrogens with zero attached hydrogens (tertiary/aromatic N) is 1. The van der Waals surface area contributed by atoms with Gasteiger partial charge in [-0.3, -0.25) is 9.59 Å². The molecule has 1 unspecified atom stereocenters. The van der Waals surface area contributed by atoms with Gasteiger partial charge < -0.3 is 10.2 Å². The van der Waals surface area contributed by atoms with Gasteiger partial charge in [-0.05, 0) is 61.8 Å². The first-order valence-electron chi connectivity index (χ1n) is 12.1. The Morgan fingerprint density at radius 2 is 1.79 bits per heavy atom. The van der Waals surface area contributed by atoms with Crippen LogP contribution in [0.2, 0.25) is 5.02 Å². The van der Waals surface area contributed by atoms with Crippen LogP contribution < -0.4 is 5.32 Å². The van der Waals surface area contributed by atoms with Crippen molar-refractivity contribution in [2.24, 2.45) is 0 Å². The van der Waals surface area contributed by atoms with E-state index in [0.29, 0.717) is 31.0 Å². The van der Waals surface area contributed by atoms with Crippen molar-refractivity contribution in [3.8, 4) is 0 Å². The van der Waals surface area contributed by atoms with Crippen molar-refractivity contribution in [3.63, 3.8) is 0 Å². The lowest BCUT2D eigenvalue weighted by molar-refractivity contribution is -0.141. The number of carbonyl (C=O) groups excluding carboxylic acids is 2. The predicted molar refractivity (Wildman–Crippen MR) is 135 cm³/mol. The average molecular weight is 467 g/mol. The third-order valence-corrected chi connectivity index (χ3v) is 6.38. The van der Waals surface area contributed by atoms with Crippen LogP contribution in [0.15, 0.2) is 66.2 Å². The number of rotatable bonds is 11. The molecule has 0 heterocycles. The van der Waals surface area contributed by atoms with Crippen molar-refractivity contribution >= 4 is 23.4 Å². The van der Waals surface area contributed by atoms with E-state index >= 15 is 0 Å². The molecule has 2 aromatic carbocycles. The Labute approximate surface area is 203 Å². The molecule has 0 saturated carbocycles. The summed E-state index contributed by atoms with van der Waals surface area (Å²) in [5, 5.41) is 3.78. The lowest BCUT2D eigenvalue weighted by Gasteiger charge is -2.31. The van der Waals surface area contributed by atoms with Gasteiger partial charge in [0.05, 0.1) is 0 Å². The second kappa shape index (κ2) is 13.2. The summed E-state index contributed by atoms with van der Waals surface area (Å²) in [7, 11) is 0. The van der Waals surface area contributed by atoms with E-state index in [1.54, 1.807) is 4.90 Å². The largest absolute Gasteiger partial charge is 0.354 e. The summed E-state index contributed by atoms with van der Waals surface area (Å²) in [6, 6.07) is 16.8. The van der Waals surface area contributed by atoms with Crippen LogP contribution in [0.25, 0.3) is 0 Å². The van der Waals surface area contributed by atoms with Crippen LogP contribution in [0.4, 0.5) is 0 Å². The lowest BCUT2D eigenvalue weighted by Crippen LogP contribution is -2.50. The highest BCUT2D eigenvalue weighted by Gasteiger charge is 2.29. The fourth-order valence-corrected chi connectivity index (χ4v) is 4.42. The van der Waals surface area contributed by atoms with Gasteiger partial charge in [0.1, 0.15) is 6.04 Å². The van der Waals surface area contributed by atoms with Crippen molar-refractivity contribution in [1.82, 2.24) is 10.2 Å². The van der Waals surface area contributed by atoms with Crippen molar-refractivity contribution in [1.29, 1.82) is 0 Å².